The molecular formula is C32H62N2O11. The molecule has 0 bridgehead atoms. The molecule has 0 aromatic heterocycles. The van der Waals surface area contributed by atoms with Crippen LogP contribution in [0.5, 0.6) is 0 Å². The number of amides is 3. The molecule has 266 valence electrons. The summed E-state index contributed by atoms with van der Waals surface area (Å²) in [6.07, 6.45) is 6.17. The van der Waals surface area contributed by atoms with Crippen molar-refractivity contribution in [3.8, 4) is 0 Å². The lowest BCUT2D eigenvalue weighted by molar-refractivity contribution is -0.137. The van der Waals surface area contributed by atoms with Crippen molar-refractivity contribution in [2.75, 3.05) is 119 Å². The smallest absolute Gasteiger partial charge is 0.253 e. The topological polar surface area (TPSA) is 140 Å². The zero-order valence-electron chi connectivity index (χ0n) is 28.6. The Morgan fingerprint density at radius 3 is 1.24 bits per heavy atom. The number of unbranched alkanes of at least 4 members (excludes halogenated alkanes) is 2. The number of carbonyl (C=O) groups excluding carboxylic acids is 3. The lowest BCUT2D eigenvalue weighted by Gasteiger charge is -2.13. The minimum absolute atomic E-state index is 0.0285. The van der Waals surface area contributed by atoms with E-state index in [1.807, 2.05) is 27.7 Å². The Morgan fingerprint density at radius 2 is 0.889 bits per heavy atom. The van der Waals surface area contributed by atoms with Crippen molar-refractivity contribution >= 4 is 17.7 Å². The summed E-state index contributed by atoms with van der Waals surface area (Å²) in [5, 5.41) is 2.88. The first kappa shape index (κ1) is 45.2. The molecular weight excluding hydrogens is 588 g/mol. The molecule has 0 spiro atoms. The van der Waals surface area contributed by atoms with Crippen LogP contribution in [0.2, 0.25) is 0 Å². The minimum Gasteiger partial charge on any atom is -0.379 e. The van der Waals surface area contributed by atoms with Crippen LogP contribution in [0.1, 0.15) is 60.3 Å². The Balaban J connectivity index is 0. The summed E-state index contributed by atoms with van der Waals surface area (Å²) in [4.78, 5) is 35.5. The zero-order valence-corrected chi connectivity index (χ0v) is 28.6. The van der Waals surface area contributed by atoms with Gasteiger partial charge in [0.05, 0.1) is 112 Å². The summed E-state index contributed by atoms with van der Waals surface area (Å²) >= 11 is 0. The van der Waals surface area contributed by atoms with Crippen LogP contribution in [0.15, 0.2) is 12.2 Å². The molecule has 1 aliphatic rings. The Kier molecular flexibility index (Phi) is 38.3. The van der Waals surface area contributed by atoms with Crippen LogP contribution in [-0.2, 0) is 52.3 Å². The van der Waals surface area contributed by atoms with Crippen LogP contribution >= 0.6 is 0 Å². The van der Waals surface area contributed by atoms with Crippen LogP contribution in [0, 0.1) is 0 Å². The maximum absolute atomic E-state index is 11.6. The summed E-state index contributed by atoms with van der Waals surface area (Å²) in [6, 6.07) is 0. The van der Waals surface area contributed by atoms with E-state index in [9.17, 15) is 14.4 Å². The average Bonchev–Trinajstić information content (AvgIpc) is 3.39. The van der Waals surface area contributed by atoms with Crippen LogP contribution in [0.3, 0.4) is 0 Å². The molecule has 45 heavy (non-hydrogen) atoms. The Hall–Kier alpha value is -1.97. The molecule has 0 aliphatic carbocycles. The molecule has 0 aromatic rings. The standard InChI is InChI=1S/C28H50N2O11.2C2H6/c1-2-3-4-8-29-26(31)7-10-34-12-14-36-16-18-38-20-22-40-24-25-41-23-21-39-19-17-37-15-13-35-11-9-30-27(32)5-6-28(30)33;2*1-2/h5-6H,2-4,7-25H2,1H3,(H,29,31);2*1-2H3. The number of hydrogen-bond donors (Lipinski definition) is 1. The van der Waals surface area contributed by atoms with Gasteiger partial charge >= 0.3 is 0 Å². The highest BCUT2D eigenvalue weighted by molar-refractivity contribution is 6.12. The maximum Gasteiger partial charge on any atom is 0.253 e. The van der Waals surface area contributed by atoms with E-state index in [4.69, 9.17) is 37.9 Å². The van der Waals surface area contributed by atoms with Gasteiger partial charge in [-0.3, -0.25) is 19.3 Å². The fourth-order valence-electron chi connectivity index (χ4n) is 3.30. The molecule has 0 fully saturated rings. The average molecular weight is 651 g/mol. The molecule has 0 saturated carbocycles. The quantitative estimate of drug-likeness (QED) is 0.0875. The van der Waals surface area contributed by atoms with Gasteiger partial charge in [0.1, 0.15) is 0 Å². The van der Waals surface area contributed by atoms with Gasteiger partial charge < -0.3 is 43.2 Å². The molecule has 1 rings (SSSR count). The van der Waals surface area contributed by atoms with Crippen molar-refractivity contribution < 1.29 is 52.3 Å². The highest BCUT2D eigenvalue weighted by Gasteiger charge is 2.22. The fraction of sp³-hybridized carbons (Fsp3) is 0.844. The Morgan fingerprint density at radius 1 is 0.556 bits per heavy atom. The van der Waals surface area contributed by atoms with E-state index >= 15 is 0 Å². The van der Waals surface area contributed by atoms with Crippen LogP contribution < -0.4 is 5.32 Å². The molecule has 1 aliphatic heterocycles. The highest BCUT2D eigenvalue weighted by Crippen LogP contribution is 2.02. The summed E-state index contributed by atoms with van der Waals surface area (Å²) in [7, 11) is 0. The highest BCUT2D eigenvalue weighted by atomic mass is 16.6. The fourth-order valence-corrected chi connectivity index (χ4v) is 3.30. The second-order valence-corrected chi connectivity index (χ2v) is 8.87. The van der Waals surface area contributed by atoms with Crippen molar-refractivity contribution in [3.05, 3.63) is 12.2 Å². The summed E-state index contributed by atoms with van der Waals surface area (Å²) in [5.74, 6) is -0.585. The van der Waals surface area contributed by atoms with Crippen molar-refractivity contribution in [1.82, 2.24) is 10.2 Å². The predicted molar refractivity (Wildman–Crippen MR) is 172 cm³/mol. The summed E-state index contributed by atoms with van der Waals surface area (Å²) < 4.78 is 43.3. The third kappa shape index (κ3) is 31.8. The first-order chi connectivity index (χ1) is 22.1. The van der Waals surface area contributed by atoms with Gasteiger partial charge in [-0.2, -0.15) is 0 Å². The minimum atomic E-state index is -0.307. The van der Waals surface area contributed by atoms with Gasteiger partial charge in [0.2, 0.25) is 5.91 Å². The summed E-state index contributed by atoms with van der Waals surface area (Å²) in [6.45, 7) is 18.2. The SMILES string of the molecule is CC.CC.CCCCCNC(=O)CCOCCOCCOCCOCCOCCOCCOCCOCCN1C(=O)C=CC1=O. The normalized spacial score (nSPS) is 12.2. The van der Waals surface area contributed by atoms with Gasteiger partial charge in [0, 0.05) is 25.1 Å². The van der Waals surface area contributed by atoms with E-state index in [1.165, 1.54) is 12.2 Å². The van der Waals surface area contributed by atoms with Crippen molar-refractivity contribution in [1.29, 1.82) is 0 Å². The first-order valence-electron chi connectivity index (χ1n) is 16.6. The molecule has 0 aromatic carbocycles. The number of rotatable bonds is 31. The van der Waals surface area contributed by atoms with Crippen molar-refractivity contribution in [2.24, 2.45) is 0 Å². The zero-order chi connectivity index (χ0) is 33.6. The third-order valence-electron chi connectivity index (χ3n) is 5.54. The van der Waals surface area contributed by atoms with Gasteiger partial charge in [-0.15, -0.1) is 0 Å². The number of carbonyl (C=O) groups is 3. The van der Waals surface area contributed by atoms with Crippen LogP contribution in [-0.4, -0.2) is 141 Å². The number of imide groups is 1. The molecule has 0 atom stereocenters. The molecule has 13 nitrogen and oxygen atoms in total. The first-order valence-corrected chi connectivity index (χ1v) is 16.6. The third-order valence-corrected chi connectivity index (χ3v) is 5.54. The van der Waals surface area contributed by atoms with E-state index in [2.05, 4.69) is 12.2 Å². The molecule has 3 amide bonds. The molecule has 13 heteroatoms. The lowest BCUT2D eigenvalue weighted by Crippen LogP contribution is -2.33. The van der Waals surface area contributed by atoms with Crippen LogP contribution in [0.25, 0.3) is 0 Å². The largest absolute Gasteiger partial charge is 0.379 e. The maximum atomic E-state index is 11.6. The number of nitrogens with one attached hydrogen (secondary N) is 1. The number of hydrogen-bond acceptors (Lipinski definition) is 11. The van der Waals surface area contributed by atoms with E-state index < -0.39 is 0 Å². The van der Waals surface area contributed by atoms with E-state index in [1.54, 1.807) is 0 Å². The molecule has 1 heterocycles. The van der Waals surface area contributed by atoms with Gasteiger partial charge in [-0.1, -0.05) is 47.5 Å². The van der Waals surface area contributed by atoms with E-state index in [-0.39, 0.29) is 30.9 Å². The van der Waals surface area contributed by atoms with Crippen molar-refractivity contribution in [2.45, 2.75) is 60.3 Å². The van der Waals surface area contributed by atoms with Crippen molar-refractivity contribution in [3.63, 3.8) is 0 Å². The van der Waals surface area contributed by atoms with Gasteiger partial charge in [-0.05, 0) is 6.42 Å². The number of ether oxygens (including phenoxy) is 8. The molecule has 1 N–H and O–H groups in total. The Bertz CT molecular complexity index is 678. The molecule has 0 saturated heterocycles. The second-order valence-electron chi connectivity index (χ2n) is 8.87. The molecule has 0 unspecified atom stereocenters. The lowest BCUT2D eigenvalue weighted by atomic mass is 10.2. The molecule has 0 radical (unpaired) electrons. The van der Waals surface area contributed by atoms with Gasteiger partial charge in [0.25, 0.3) is 11.8 Å². The second kappa shape index (κ2) is 38.2. The van der Waals surface area contributed by atoms with E-state index in [0.29, 0.717) is 106 Å². The Labute approximate surface area is 271 Å². The van der Waals surface area contributed by atoms with Gasteiger partial charge in [0.15, 0.2) is 0 Å². The predicted octanol–water partition coefficient (Wildman–Crippen LogP) is 2.79. The number of nitrogens with zero attached hydrogens (tertiary/aromatic N) is 1. The van der Waals surface area contributed by atoms with Crippen LogP contribution in [0.4, 0.5) is 0 Å². The van der Waals surface area contributed by atoms with Gasteiger partial charge in [-0.25, -0.2) is 0 Å². The summed E-state index contributed by atoms with van der Waals surface area (Å²) in [5.41, 5.74) is 0. The monoisotopic (exact) mass is 650 g/mol. The van der Waals surface area contributed by atoms with E-state index in [0.717, 1.165) is 30.7 Å².